The first kappa shape index (κ1) is 13.1. The third-order valence-electron chi connectivity index (χ3n) is 3.43. The van der Waals surface area contributed by atoms with Crippen LogP contribution in [0.1, 0.15) is 25.3 Å². The molecule has 0 spiro atoms. The van der Waals surface area contributed by atoms with E-state index in [0.29, 0.717) is 0 Å². The Morgan fingerprint density at radius 1 is 1.44 bits per heavy atom. The van der Waals surface area contributed by atoms with Crippen molar-refractivity contribution < 1.29 is 15.0 Å². The number of carbonyl (C=O) groups is 1. The lowest BCUT2D eigenvalue weighted by Gasteiger charge is -2.32. The largest absolute Gasteiger partial charge is 0.480 e. The number of hydrogen-bond donors (Lipinski definition) is 3. The predicted octanol–water partition coefficient (Wildman–Crippen LogP) is 1.35. The van der Waals surface area contributed by atoms with Gasteiger partial charge in [-0.2, -0.15) is 0 Å². The lowest BCUT2D eigenvalue weighted by molar-refractivity contribution is -0.146. The molecule has 98 valence electrons. The average Bonchev–Trinajstić information content (AvgIpc) is 3.15. The Morgan fingerprint density at radius 3 is 2.50 bits per heavy atom. The van der Waals surface area contributed by atoms with Gasteiger partial charge in [0, 0.05) is 6.54 Å². The highest BCUT2D eigenvalue weighted by Gasteiger charge is 2.52. The molecule has 0 heterocycles. The Balaban J connectivity index is 2.34. The van der Waals surface area contributed by atoms with Gasteiger partial charge in [0.1, 0.15) is 5.54 Å². The fourth-order valence-corrected chi connectivity index (χ4v) is 2.38. The van der Waals surface area contributed by atoms with E-state index >= 15 is 0 Å². The summed E-state index contributed by atoms with van der Waals surface area (Å²) in [6, 6.07) is 9.24. The summed E-state index contributed by atoms with van der Waals surface area (Å²) in [4.78, 5) is 11.8. The third-order valence-corrected chi connectivity index (χ3v) is 3.43. The first-order valence-electron chi connectivity index (χ1n) is 6.29. The predicted molar refractivity (Wildman–Crippen MR) is 68.2 cm³/mol. The number of nitrogens with one attached hydrogen (secondary N) is 1. The number of benzene rings is 1. The molecule has 4 heteroatoms. The molecule has 0 saturated heterocycles. The van der Waals surface area contributed by atoms with E-state index in [1.54, 1.807) is 6.92 Å². The van der Waals surface area contributed by atoms with Crippen molar-refractivity contribution in [3.05, 3.63) is 35.9 Å². The Kier molecular flexibility index (Phi) is 3.68. The van der Waals surface area contributed by atoms with E-state index in [9.17, 15) is 15.0 Å². The molecular weight excluding hydrogens is 230 g/mol. The quantitative estimate of drug-likeness (QED) is 0.711. The SMILES string of the molecule is CC(O)CNC(C(=O)O)(c1ccccc1)C1CC1. The molecule has 1 fully saturated rings. The van der Waals surface area contributed by atoms with Crippen molar-refractivity contribution in [1.29, 1.82) is 0 Å². The van der Waals surface area contributed by atoms with Crippen LogP contribution in [-0.2, 0) is 10.3 Å². The zero-order valence-corrected chi connectivity index (χ0v) is 10.5. The van der Waals surface area contributed by atoms with Crippen molar-refractivity contribution in [2.75, 3.05) is 6.54 Å². The molecule has 1 aromatic rings. The van der Waals surface area contributed by atoms with Gasteiger partial charge in [-0.1, -0.05) is 30.3 Å². The second-order valence-electron chi connectivity index (χ2n) is 4.98. The Labute approximate surface area is 107 Å². The highest BCUT2D eigenvalue weighted by atomic mass is 16.4. The van der Waals surface area contributed by atoms with Crippen LogP contribution in [0.2, 0.25) is 0 Å². The molecule has 0 aromatic heterocycles. The van der Waals surface area contributed by atoms with Crippen LogP contribution in [0.15, 0.2) is 30.3 Å². The molecule has 4 nitrogen and oxygen atoms in total. The van der Waals surface area contributed by atoms with Crippen LogP contribution in [0.25, 0.3) is 0 Å². The summed E-state index contributed by atoms with van der Waals surface area (Å²) in [6.45, 7) is 1.93. The molecular formula is C14H19NO3. The van der Waals surface area contributed by atoms with Crippen LogP contribution in [0.4, 0.5) is 0 Å². The molecule has 2 atom stereocenters. The second kappa shape index (κ2) is 5.08. The first-order valence-corrected chi connectivity index (χ1v) is 6.29. The van der Waals surface area contributed by atoms with Gasteiger partial charge in [-0.25, -0.2) is 4.79 Å². The molecule has 0 bridgehead atoms. The molecule has 18 heavy (non-hydrogen) atoms. The lowest BCUT2D eigenvalue weighted by atomic mass is 9.84. The van der Waals surface area contributed by atoms with E-state index < -0.39 is 17.6 Å². The summed E-state index contributed by atoms with van der Waals surface area (Å²) >= 11 is 0. The normalized spacial score (nSPS) is 20.1. The van der Waals surface area contributed by atoms with E-state index in [2.05, 4.69) is 5.32 Å². The van der Waals surface area contributed by atoms with Crippen LogP contribution >= 0.6 is 0 Å². The maximum absolute atomic E-state index is 11.8. The van der Waals surface area contributed by atoms with Crippen molar-refractivity contribution in [1.82, 2.24) is 5.32 Å². The molecule has 2 unspecified atom stereocenters. The van der Waals surface area contributed by atoms with Gasteiger partial charge in [0.15, 0.2) is 0 Å². The molecule has 1 aliphatic rings. The molecule has 1 aliphatic carbocycles. The summed E-state index contributed by atoms with van der Waals surface area (Å²) < 4.78 is 0. The average molecular weight is 249 g/mol. The van der Waals surface area contributed by atoms with E-state index in [1.807, 2.05) is 30.3 Å². The van der Waals surface area contributed by atoms with Gasteiger partial charge in [0.25, 0.3) is 0 Å². The van der Waals surface area contributed by atoms with E-state index in [1.165, 1.54) is 0 Å². The van der Waals surface area contributed by atoms with Crippen molar-refractivity contribution in [2.24, 2.45) is 5.92 Å². The Bertz CT molecular complexity index is 414. The number of hydrogen-bond acceptors (Lipinski definition) is 3. The van der Waals surface area contributed by atoms with Crippen LogP contribution in [0.5, 0.6) is 0 Å². The molecule has 2 rings (SSSR count). The van der Waals surface area contributed by atoms with Crippen molar-refractivity contribution >= 4 is 5.97 Å². The van der Waals surface area contributed by atoms with Crippen LogP contribution in [0, 0.1) is 5.92 Å². The maximum Gasteiger partial charge on any atom is 0.328 e. The van der Waals surface area contributed by atoms with Crippen molar-refractivity contribution in [3.63, 3.8) is 0 Å². The summed E-state index contributed by atoms with van der Waals surface area (Å²) in [5.41, 5.74) is -0.293. The maximum atomic E-state index is 11.8. The molecule has 1 saturated carbocycles. The zero-order chi connectivity index (χ0) is 13.2. The van der Waals surface area contributed by atoms with E-state index in [4.69, 9.17) is 0 Å². The molecule has 0 amide bonds. The monoisotopic (exact) mass is 249 g/mol. The number of rotatable bonds is 6. The van der Waals surface area contributed by atoms with Gasteiger partial charge in [-0.3, -0.25) is 5.32 Å². The second-order valence-corrected chi connectivity index (χ2v) is 4.98. The van der Waals surface area contributed by atoms with Gasteiger partial charge < -0.3 is 10.2 Å². The summed E-state index contributed by atoms with van der Waals surface area (Å²) in [7, 11) is 0. The number of aliphatic carboxylic acids is 1. The first-order chi connectivity index (χ1) is 8.57. The molecule has 0 aliphatic heterocycles. The van der Waals surface area contributed by atoms with Crippen LogP contribution in [-0.4, -0.2) is 28.8 Å². The minimum atomic E-state index is -1.06. The topological polar surface area (TPSA) is 69.6 Å². The fraction of sp³-hybridized carbons (Fsp3) is 0.500. The van der Waals surface area contributed by atoms with Crippen molar-refractivity contribution in [2.45, 2.75) is 31.4 Å². The highest BCUT2D eigenvalue weighted by molar-refractivity contribution is 5.81. The van der Waals surface area contributed by atoms with E-state index in [0.717, 1.165) is 18.4 Å². The van der Waals surface area contributed by atoms with Crippen LogP contribution < -0.4 is 5.32 Å². The Hall–Kier alpha value is -1.39. The fourth-order valence-electron chi connectivity index (χ4n) is 2.38. The summed E-state index contributed by atoms with van der Waals surface area (Å²) in [5.74, 6) is -0.756. The van der Waals surface area contributed by atoms with Gasteiger partial charge in [-0.05, 0) is 31.2 Å². The summed E-state index contributed by atoms with van der Waals surface area (Å²) in [5, 5.41) is 22.1. The van der Waals surface area contributed by atoms with Crippen molar-refractivity contribution in [3.8, 4) is 0 Å². The standard InChI is InChI=1S/C14H19NO3/c1-10(16)9-15-14(13(17)18,12-7-8-12)11-5-3-2-4-6-11/h2-6,10,12,15-16H,7-9H2,1H3,(H,17,18). The number of aliphatic hydroxyl groups is 1. The molecule has 1 aromatic carbocycles. The third kappa shape index (κ3) is 2.40. The number of carboxylic acids is 1. The number of aliphatic hydroxyl groups excluding tert-OH is 1. The molecule has 3 N–H and O–H groups in total. The van der Waals surface area contributed by atoms with Gasteiger partial charge in [0.05, 0.1) is 6.10 Å². The number of carboxylic acid groups (broad SMARTS) is 1. The smallest absolute Gasteiger partial charge is 0.328 e. The minimum Gasteiger partial charge on any atom is -0.480 e. The highest BCUT2D eigenvalue weighted by Crippen LogP contribution is 2.46. The zero-order valence-electron chi connectivity index (χ0n) is 10.5. The van der Waals surface area contributed by atoms with Crippen LogP contribution in [0.3, 0.4) is 0 Å². The Morgan fingerprint density at radius 2 is 2.06 bits per heavy atom. The van der Waals surface area contributed by atoms with Gasteiger partial charge in [-0.15, -0.1) is 0 Å². The summed E-state index contributed by atoms with van der Waals surface area (Å²) in [6.07, 6.45) is 1.26. The molecule has 0 radical (unpaired) electrons. The lowest BCUT2D eigenvalue weighted by Crippen LogP contribution is -2.53. The minimum absolute atomic E-state index is 0.108. The van der Waals surface area contributed by atoms with Gasteiger partial charge in [0.2, 0.25) is 0 Å². The van der Waals surface area contributed by atoms with E-state index in [-0.39, 0.29) is 12.5 Å². The van der Waals surface area contributed by atoms with Gasteiger partial charge >= 0.3 is 5.97 Å².